The number of carbonyl (C=O) groups excluding carboxylic acids is 2. The second kappa shape index (κ2) is 12.1. The summed E-state index contributed by atoms with van der Waals surface area (Å²) in [5, 5.41) is 11.4. The number of carbonyl (C=O) groups is 2. The number of quaternary nitrogens is 1. The molecule has 0 amide bonds. The predicted octanol–water partition coefficient (Wildman–Crippen LogP) is 1.49. The van der Waals surface area contributed by atoms with Gasteiger partial charge in [0, 0.05) is 37.7 Å². The Morgan fingerprint density at radius 2 is 1.54 bits per heavy atom. The van der Waals surface area contributed by atoms with E-state index >= 15 is 0 Å². The zero-order valence-corrected chi connectivity index (χ0v) is 24.0. The van der Waals surface area contributed by atoms with Crippen LogP contribution < -0.4 is 17.0 Å². The van der Waals surface area contributed by atoms with Gasteiger partial charge >= 0.3 is 11.9 Å². The third-order valence-electron chi connectivity index (χ3n) is 8.37. The molecule has 1 N–H and O–H groups in total. The van der Waals surface area contributed by atoms with Crippen LogP contribution in [0.5, 0.6) is 0 Å². The van der Waals surface area contributed by atoms with Crippen molar-refractivity contribution in [2.45, 2.75) is 75.8 Å². The zero-order valence-electron chi connectivity index (χ0n) is 22.4. The van der Waals surface area contributed by atoms with Crippen molar-refractivity contribution < 1.29 is 54.5 Å². The molecule has 2 unspecified atom stereocenters. The molecule has 2 aromatic heterocycles. The van der Waals surface area contributed by atoms with Crippen LogP contribution in [0.2, 0.25) is 0 Å². The summed E-state index contributed by atoms with van der Waals surface area (Å²) < 4.78 is 22.7. The highest BCUT2D eigenvalue weighted by Gasteiger charge is 2.54. The van der Waals surface area contributed by atoms with Crippen LogP contribution in [0.3, 0.4) is 0 Å². The van der Waals surface area contributed by atoms with Crippen molar-refractivity contribution in [3.63, 3.8) is 0 Å². The lowest BCUT2D eigenvalue weighted by molar-refractivity contribution is -0.961. The Hall–Kier alpha value is -2.88. The molecule has 2 saturated heterocycles. The van der Waals surface area contributed by atoms with Gasteiger partial charge in [-0.2, -0.15) is 0 Å². The molecule has 4 heterocycles. The summed E-state index contributed by atoms with van der Waals surface area (Å²) in [6.45, 7) is 3.13. The average Bonchev–Trinajstić information content (AvgIpc) is 3.66. The van der Waals surface area contributed by atoms with Gasteiger partial charge in [0.2, 0.25) is 0 Å². The number of rotatable bonds is 10. The maximum absolute atomic E-state index is 13.4. The van der Waals surface area contributed by atoms with Gasteiger partial charge in [0.25, 0.3) is 5.60 Å². The van der Waals surface area contributed by atoms with Crippen LogP contribution in [-0.4, -0.2) is 53.4 Å². The van der Waals surface area contributed by atoms with Gasteiger partial charge in [-0.25, -0.2) is 4.79 Å². The van der Waals surface area contributed by atoms with Gasteiger partial charge in [0.15, 0.2) is 11.5 Å². The van der Waals surface area contributed by atoms with E-state index in [2.05, 4.69) is 31.3 Å². The number of benzene rings is 1. The number of nitrogens with zero attached hydrogens (tertiary/aromatic N) is 1. The predicted molar refractivity (Wildman–Crippen MR) is 138 cm³/mol. The maximum Gasteiger partial charge on any atom is 0.354 e. The molecule has 0 saturated carbocycles. The summed E-state index contributed by atoms with van der Waals surface area (Å²) in [4.78, 5) is 25.0. The zero-order chi connectivity index (χ0) is 26.8. The number of halogens is 1. The molecular weight excluding hydrogens is 566 g/mol. The van der Waals surface area contributed by atoms with Crippen molar-refractivity contribution in [3.05, 3.63) is 83.7 Å². The van der Waals surface area contributed by atoms with Crippen LogP contribution in [0.25, 0.3) is 0 Å². The first-order valence-corrected chi connectivity index (χ1v) is 13.4. The van der Waals surface area contributed by atoms with Crippen molar-refractivity contribution in [1.82, 2.24) is 0 Å². The Morgan fingerprint density at radius 3 is 2.05 bits per heavy atom. The largest absolute Gasteiger partial charge is 1.00 e. The SMILES string of the molecule is CCOC(=O)CCc1ccc(C[N+]2(C)[C@@H]3CC[C@H]2CC(OC(=O)C(O)(c2ccco2)c2ccco2)C3)cc1.[Br-]. The Morgan fingerprint density at radius 1 is 0.974 bits per heavy atom. The quantitative estimate of drug-likeness (QED) is 0.278. The Labute approximate surface area is 239 Å². The average molecular weight is 603 g/mol. The third kappa shape index (κ3) is 5.85. The molecule has 2 aliphatic rings. The Balaban J connectivity index is 0.00000353. The smallest absolute Gasteiger partial charge is 0.354 e. The molecule has 0 aliphatic carbocycles. The molecule has 2 aliphatic heterocycles. The highest BCUT2D eigenvalue weighted by molar-refractivity contribution is 5.83. The molecule has 2 bridgehead atoms. The lowest BCUT2D eigenvalue weighted by atomic mass is 9.94. The topological polar surface area (TPSA) is 99.1 Å². The van der Waals surface area contributed by atoms with E-state index in [4.69, 9.17) is 18.3 Å². The number of esters is 2. The summed E-state index contributed by atoms with van der Waals surface area (Å²) in [5.41, 5.74) is 0.250. The van der Waals surface area contributed by atoms with Crippen LogP contribution in [-0.2, 0) is 37.6 Å². The fourth-order valence-corrected chi connectivity index (χ4v) is 6.26. The summed E-state index contributed by atoms with van der Waals surface area (Å²) >= 11 is 0. The number of fused-ring (bicyclic) bond motifs is 2. The number of aliphatic hydroxyl groups is 1. The van der Waals surface area contributed by atoms with Gasteiger partial charge in [0.1, 0.15) is 12.6 Å². The molecule has 5 rings (SSSR count). The number of hydrogen-bond acceptors (Lipinski definition) is 7. The van der Waals surface area contributed by atoms with E-state index in [-0.39, 0.29) is 40.6 Å². The van der Waals surface area contributed by atoms with Gasteiger partial charge in [-0.05, 0) is 43.2 Å². The van der Waals surface area contributed by atoms with Crippen LogP contribution in [0.4, 0.5) is 0 Å². The molecule has 3 aromatic rings. The minimum atomic E-state index is -2.13. The maximum atomic E-state index is 13.4. The minimum Gasteiger partial charge on any atom is -1.00 e. The Kier molecular flexibility index (Phi) is 9.03. The van der Waals surface area contributed by atoms with Crippen LogP contribution in [0.1, 0.15) is 61.7 Å². The number of piperidine rings is 1. The molecule has 210 valence electrons. The van der Waals surface area contributed by atoms with E-state index in [0.717, 1.165) is 42.3 Å². The van der Waals surface area contributed by atoms with Crippen LogP contribution >= 0.6 is 0 Å². The lowest BCUT2D eigenvalue weighted by Gasteiger charge is -2.47. The van der Waals surface area contributed by atoms with E-state index in [9.17, 15) is 14.7 Å². The summed E-state index contributed by atoms with van der Waals surface area (Å²) in [5.74, 6) is -0.798. The van der Waals surface area contributed by atoms with E-state index in [0.29, 0.717) is 31.5 Å². The highest BCUT2D eigenvalue weighted by atomic mass is 79.9. The van der Waals surface area contributed by atoms with Crippen LogP contribution in [0, 0.1) is 0 Å². The second-order valence-electron chi connectivity index (χ2n) is 10.7. The van der Waals surface area contributed by atoms with Crippen molar-refractivity contribution >= 4 is 11.9 Å². The monoisotopic (exact) mass is 601 g/mol. The standard InChI is InChI=1S/C30H36NO7.BrH/c1-3-35-28(32)15-12-21-8-10-22(11-9-21)20-31(2)23-13-14-24(31)19-25(18-23)38-29(33)30(34,26-6-4-16-36-26)27-7-5-17-37-27;/h4-11,16-17,23-25,34H,3,12-15,18-20H2,1-2H3;1H/q+1;/p-1/t23-,24+,25?,31?;. The molecule has 4 atom stereocenters. The van der Waals surface area contributed by atoms with Gasteiger partial charge in [0.05, 0.1) is 38.3 Å². The number of aryl methyl sites for hydroxylation is 1. The van der Waals surface area contributed by atoms with Gasteiger partial charge in [-0.15, -0.1) is 0 Å². The van der Waals surface area contributed by atoms with Gasteiger partial charge < -0.3 is 44.9 Å². The van der Waals surface area contributed by atoms with Crippen molar-refractivity contribution in [3.8, 4) is 0 Å². The third-order valence-corrected chi connectivity index (χ3v) is 8.37. The molecule has 1 aromatic carbocycles. The molecule has 39 heavy (non-hydrogen) atoms. The van der Waals surface area contributed by atoms with E-state index in [1.165, 1.54) is 18.1 Å². The van der Waals surface area contributed by atoms with Gasteiger partial charge in [-0.3, -0.25) is 4.79 Å². The Bertz CT molecular complexity index is 1170. The number of hydrogen-bond donors (Lipinski definition) is 1. The fourth-order valence-electron chi connectivity index (χ4n) is 6.26. The van der Waals surface area contributed by atoms with Crippen molar-refractivity contribution in [2.24, 2.45) is 0 Å². The summed E-state index contributed by atoms with van der Waals surface area (Å²) in [7, 11) is 2.30. The molecule has 9 heteroatoms. The van der Waals surface area contributed by atoms with Crippen LogP contribution in [0.15, 0.2) is 69.9 Å². The first-order valence-electron chi connectivity index (χ1n) is 13.4. The number of furan rings is 2. The molecular formula is C30H36BrNO7. The summed E-state index contributed by atoms with van der Waals surface area (Å²) in [6.07, 6.45) is 7.23. The highest BCUT2D eigenvalue weighted by Crippen LogP contribution is 2.44. The first-order chi connectivity index (χ1) is 18.3. The van der Waals surface area contributed by atoms with Crippen molar-refractivity contribution in [1.29, 1.82) is 0 Å². The van der Waals surface area contributed by atoms with E-state index < -0.39 is 11.6 Å². The van der Waals surface area contributed by atoms with E-state index in [1.54, 1.807) is 24.3 Å². The second-order valence-corrected chi connectivity index (χ2v) is 10.7. The molecule has 8 nitrogen and oxygen atoms in total. The number of ether oxygens (including phenoxy) is 2. The minimum absolute atomic E-state index is 0. The molecule has 2 fully saturated rings. The lowest BCUT2D eigenvalue weighted by Crippen LogP contribution is -3.00. The first kappa shape index (κ1) is 29.1. The summed E-state index contributed by atoms with van der Waals surface area (Å²) in [6, 6.07) is 15.5. The van der Waals surface area contributed by atoms with Gasteiger partial charge in [-0.1, -0.05) is 24.3 Å². The normalized spacial score (nSPS) is 24.1. The van der Waals surface area contributed by atoms with Crippen molar-refractivity contribution in [2.75, 3.05) is 13.7 Å². The molecule has 0 spiro atoms. The van der Waals surface area contributed by atoms with E-state index in [1.807, 2.05) is 6.92 Å². The molecule has 0 radical (unpaired) electrons. The fraction of sp³-hybridized carbons (Fsp3) is 0.467.